The van der Waals surface area contributed by atoms with Crippen LogP contribution in [0.25, 0.3) is 0 Å². The molecule has 9 heteroatoms. The van der Waals surface area contributed by atoms with Crippen LogP contribution >= 0.6 is 38.9 Å². The highest BCUT2D eigenvalue weighted by molar-refractivity contribution is 9.11. The fourth-order valence-electron chi connectivity index (χ4n) is 2.44. The first-order valence-electron chi connectivity index (χ1n) is 6.51. The first kappa shape index (κ1) is 17.2. The number of rotatable bonds is 5. The van der Waals surface area contributed by atoms with Gasteiger partial charge in [0.2, 0.25) is 0 Å². The van der Waals surface area contributed by atoms with E-state index in [0.29, 0.717) is 28.2 Å². The molecule has 5 nitrogen and oxygen atoms in total. The van der Waals surface area contributed by atoms with E-state index in [9.17, 15) is 13.2 Å². The molecule has 1 atom stereocenters. The second-order valence-electron chi connectivity index (χ2n) is 4.88. The third-order valence-corrected chi connectivity index (χ3v) is 8.33. The molecule has 1 aromatic rings. The number of thiophene rings is 1. The van der Waals surface area contributed by atoms with Crippen molar-refractivity contribution in [3.8, 4) is 0 Å². The number of sulfonamides is 1. The van der Waals surface area contributed by atoms with Crippen LogP contribution in [0.15, 0.2) is 14.1 Å². The highest BCUT2D eigenvalue weighted by Gasteiger charge is 2.34. The summed E-state index contributed by atoms with van der Waals surface area (Å²) in [6.07, 6.45) is 2.74. The van der Waals surface area contributed by atoms with Crippen LogP contribution in [0.5, 0.6) is 0 Å². The van der Waals surface area contributed by atoms with Crippen LogP contribution < -0.4 is 0 Å². The van der Waals surface area contributed by atoms with E-state index in [1.807, 2.05) is 0 Å². The Kier molecular flexibility index (Phi) is 5.70. The molecule has 0 saturated carbocycles. The molecule has 0 radical (unpaired) electrons. The van der Waals surface area contributed by atoms with Crippen molar-refractivity contribution in [1.29, 1.82) is 0 Å². The molecular weight excluding hydrogens is 402 g/mol. The molecule has 1 aromatic heterocycles. The number of nitrogens with zero attached hydrogens (tertiary/aromatic N) is 1. The smallest absolute Gasteiger partial charge is 0.303 e. The molecule has 1 N–H and O–H groups in total. The predicted octanol–water partition coefficient (Wildman–Crippen LogP) is 3.57. The van der Waals surface area contributed by atoms with Gasteiger partial charge < -0.3 is 5.11 Å². The van der Waals surface area contributed by atoms with Gasteiger partial charge in [0.25, 0.3) is 10.0 Å². The molecule has 0 bridgehead atoms. The van der Waals surface area contributed by atoms with Crippen molar-refractivity contribution in [1.82, 2.24) is 4.31 Å². The van der Waals surface area contributed by atoms with Gasteiger partial charge in [-0.05, 0) is 41.3 Å². The van der Waals surface area contributed by atoms with Gasteiger partial charge in [0.15, 0.2) is 0 Å². The van der Waals surface area contributed by atoms with E-state index in [1.165, 1.54) is 10.4 Å². The highest BCUT2D eigenvalue weighted by Crippen LogP contribution is 2.37. The zero-order valence-corrected chi connectivity index (χ0v) is 15.1. The summed E-state index contributed by atoms with van der Waals surface area (Å²) in [5, 5.41) is 9.17. The van der Waals surface area contributed by atoms with Gasteiger partial charge in [0, 0.05) is 19.0 Å². The quantitative estimate of drug-likeness (QED) is 0.796. The lowest BCUT2D eigenvalue weighted by Gasteiger charge is -2.34. The maximum Gasteiger partial charge on any atom is 0.303 e. The molecule has 1 fully saturated rings. The summed E-state index contributed by atoms with van der Waals surface area (Å²) >= 11 is 10.2. The minimum Gasteiger partial charge on any atom is -0.481 e. The van der Waals surface area contributed by atoms with Crippen molar-refractivity contribution >= 4 is 54.9 Å². The minimum atomic E-state index is -3.62. The monoisotopic (exact) mass is 415 g/mol. The summed E-state index contributed by atoms with van der Waals surface area (Å²) in [4.78, 5) is 10.7. The van der Waals surface area contributed by atoms with Crippen LogP contribution in [-0.2, 0) is 14.8 Å². The number of carboxylic acid groups (broad SMARTS) is 1. The molecular formula is C12H15BrClNO4S2. The molecule has 21 heavy (non-hydrogen) atoms. The lowest BCUT2D eigenvalue weighted by molar-refractivity contribution is -0.137. The van der Waals surface area contributed by atoms with E-state index >= 15 is 0 Å². The summed E-state index contributed by atoms with van der Waals surface area (Å²) in [5.74, 6) is -0.903. The molecule has 118 valence electrons. The van der Waals surface area contributed by atoms with Crippen LogP contribution in [0.4, 0.5) is 0 Å². The molecule has 2 heterocycles. The average molecular weight is 417 g/mol. The van der Waals surface area contributed by atoms with Crippen molar-refractivity contribution in [2.75, 3.05) is 6.54 Å². The van der Waals surface area contributed by atoms with Crippen LogP contribution in [0.1, 0.15) is 32.1 Å². The van der Waals surface area contributed by atoms with Crippen LogP contribution in [0.3, 0.4) is 0 Å². The summed E-state index contributed by atoms with van der Waals surface area (Å²) in [6, 6.07) is 1.19. The number of carbonyl (C=O) groups is 1. The molecule has 1 aliphatic heterocycles. The van der Waals surface area contributed by atoms with Gasteiger partial charge in [0.05, 0.1) is 8.81 Å². The number of piperidine rings is 1. The van der Waals surface area contributed by atoms with E-state index in [0.717, 1.165) is 24.2 Å². The maximum atomic E-state index is 12.7. The van der Waals surface area contributed by atoms with Gasteiger partial charge in [0.1, 0.15) is 4.21 Å². The summed E-state index contributed by atoms with van der Waals surface area (Å²) in [7, 11) is -3.62. The van der Waals surface area contributed by atoms with E-state index < -0.39 is 16.0 Å². The van der Waals surface area contributed by atoms with Crippen LogP contribution in [0, 0.1) is 0 Å². The topological polar surface area (TPSA) is 74.7 Å². The van der Waals surface area contributed by atoms with E-state index in [4.69, 9.17) is 16.7 Å². The number of hydrogen-bond acceptors (Lipinski definition) is 4. The molecule has 0 aromatic carbocycles. The summed E-state index contributed by atoms with van der Waals surface area (Å²) < 4.78 is 27.7. The lowest BCUT2D eigenvalue weighted by atomic mass is 10.0. The van der Waals surface area contributed by atoms with Crippen molar-refractivity contribution in [3.63, 3.8) is 0 Å². The van der Waals surface area contributed by atoms with Crippen molar-refractivity contribution in [3.05, 3.63) is 14.9 Å². The van der Waals surface area contributed by atoms with Gasteiger partial charge >= 0.3 is 5.97 Å². The predicted molar refractivity (Wildman–Crippen MR) is 85.4 cm³/mol. The molecule has 0 amide bonds. The lowest BCUT2D eigenvalue weighted by Crippen LogP contribution is -2.43. The van der Waals surface area contributed by atoms with Gasteiger partial charge in [-0.1, -0.05) is 18.0 Å². The van der Waals surface area contributed by atoms with E-state index in [2.05, 4.69) is 15.9 Å². The Morgan fingerprint density at radius 3 is 2.81 bits per heavy atom. The maximum absolute atomic E-state index is 12.7. The van der Waals surface area contributed by atoms with E-state index in [1.54, 1.807) is 0 Å². The van der Waals surface area contributed by atoms with Crippen molar-refractivity contribution in [2.45, 2.75) is 42.4 Å². The SMILES string of the molecule is O=C(O)CCC1CCCCN1S(=O)(=O)c1cc(Cl)c(Br)s1. The largest absolute Gasteiger partial charge is 0.481 e. The second-order valence-corrected chi connectivity index (χ2v) is 9.78. The Morgan fingerprint density at radius 2 is 2.24 bits per heavy atom. The molecule has 1 aliphatic rings. The van der Waals surface area contributed by atoms with Crippen LogP contribution in [-0.4, -0.2) is 36.4 Å². The highest BCUT2D eigenvalue weighted by atomic mass is 79.9. The Balaban J connectivity index is 2.24. The Labute approximate surface area is 141 Å². The van der Waals surface area contributed by atoms with Gasteiger partial charge in [-0.25, -0.2) is 8.42 Å². The van der Waals surface area contributed by atoms with Gasteiger partial charge in [-0.2, -0.15) is 4.31 Å². The van der Waals surface area contributed by atoms with Crippen molar-refractivity contribution < 1.29 is 18.3 Å². The number of hydrogen-bond donors (Lipinski definition) is 1. The van der Waals surface area contributed by atoms with E-state index in [-0.39, 0.29) is 16.7 Å². The molecule has 1 saturated heterocycles. The fourth-order valence-corrected chi connectivity index (χ4v) is 6.69. The zero-order chi connectivity index (χ0) is 15.6. The third-order valence-electron chi connectivity index (χ3n) is 3.45. The Morgan fingerprint density at radius 1 is 1.52 bits per heavy atom. The fraction of sp³-hybridized carbons (Fsp3) is 0.583. The average Bonchev–Trinajstić information content (AvgIpc) is 2.77. The number of carboxylic acids is 1. The first-order chi connectivity index (χ1) is 9.82. The number of aliphatic carboxylic acids is 1. The molecule has 0 aliphatic carbocycles. The normalized spacial score (nSPS) is 20.6. The van der Waals surface area contributed by atoms with Gasteiger partial charge in [-0.3, -0.25) is 4.79 Å². The summed E-state index contributed by atoms with van der Waals surface area (Å²) in [5.41, 5.74) is 0. The number of halogens is 2. The van der Waals surface area contributed by atoms with Crippen LogP contribution in [0.2, 0.25) is 5.02 Å². The minimum absolute atomic E-state index is 0.0222. The zero-order valence-electron chi connectivity index (χ0n) is 11.1. The standard InChI is InChI=1S/C12H15BrClNO4S2/c13-12-9(14)7-11(20-12)21(18,19)15-6-2-1-3-8(15)4-5-10(16)17/h7-8H,1-6H2,(H,16,17). The third kappa shape index (κ3) is 3.98. The molecule has 1 unspecified atom stereocenters. The first-order valence-corrected chi connectivity index (χ1v) is 9.93. The van der Waals surface area contributed by atoms with Crippen molar-refractivity contribution in [2.24, 2.45) is 0 Å². The Bertz CT molecular complexity index is 612. The second kappa shape index (κ2) is 6.95. The molecule has 2 rings (SSSR count). The van der Waals surface area contributed by atoms with Gasteiger partial charge in [-0.15, -0.1) is 11.3 Å². The summed E-state index contributed by atoms with van der Waals surface area (Å²) in [6.45, 7) is 0.430. The molecule has 0 spiro atoms. The Hall–Kier alpha value is -0.150.